The summed E-state index contributed by atoms with van der Waals surface area (Å²) in [5, 5.41) is 12.2. The number of aliphatic hydroxyl groups is 1. The first-order chi connectivity index (χ1) is 17.4. The van der Waals surface area contributed by atoms with Crippen molar-refractivity contribution in [2.45, 2.75) is 45.0 Å². The SMILES string of the molecule is CC(=O)c1nc(-c2ccc(CC(CCO)NC(=O)c3ccc(OC(C)C(F)(F)F)c(Cl)c3)cc2)cn1C. The zero-order chi connectivity index (χ0) is 27.3. The molecule has 2 aromatic carbocycles. The number of halogens is 4. The van der Waals surface area contributed by atoms with E-state index in [1.165, 1.54) is 25.1 Å². The van der Waals surface area contributed by atoms with Crippen molar-refractivity contribution in [3.05, 3.63) is 70.6 Å². The number of rotatable bonds is 10. The number of aliphatic hydroxyl groups excluding tert-OH is 1. The van der Waals surface area contributed by atoms with E-state index >= 15 is 0 Å². The molecule has 0 spiro atoms. The van der Waals surface area contributed by atoms with E-state index in [-0.39, 0.29) is 35.1 Å². The Hall–Kier alpha value is -3.37. The Labute approximate surface area is 217 Å². The van der Waals surface area contributed by atoms with Gasteiger partial charge in [-0.05, 0) is 43.5 Å². The summed E-state index contributed by atoms with van der Waals surface area (Å²) in [6.45, 7) is 2.16. The molecule has 3 rings (SSSR count). The van der Waals surface area contributed by atoms with Gasteiger partial charge in [-0.2, -0.15) is 13.2 Å². The highest BCUT2D eigenvalue weighted by Crippen LogP contribution is 2.30. The van der Waals surface area contributed by atoms with Crippen molar-refractivity contribution in [2.24, 2.45) is 7.05 Å². The van der Waals surface area contributed by atoms with Gasteiger partial charge in [0, 0.05) is 43.9 Å². The molecule has 0 aliphatic heterocycles. The van der Waals surface area contributed by atoms with Gasteiger partial charge in [-0.15, -0.1) is 0 Å². The molecule has 1 aromatic heterocycles. The molecule has 0 saturated heterocycles. The zero-order valence-corrected chi connectivity index (χ0v) is 21.2. The van der Waals surface area contributed by atoms with Gasteiger partial charge in [0.05, 0.1) is 10.7 Å². The summed E-state index contributed by atoms with van der Waals surface area (Å²) in [7, 11) is 1.75. The number of ether oxygens (including phenoxy) is 1. The predicted molar refractivity (Wildman–Crippen MR) is 133 cm³/mol. The van der Waals surface area contributed by atoms with E-state index in [0.717, 1.165) is 18.1 Å². The monoisotopic (exact) mass is 537 g/mol. The number of aromatic nitrogens is 2. The van der Waals surface area contributed by atoms with Crippen molar-refractivity contribution in [1.29, 1.82) is 0 Å². The van der Waals surface area contributed by atoms with E-state index in [9.17, 15) is 27.9 Å². The van der Waals surface area contributed by atoms with Crippen LogP contribution in [0.5, 0.6) is 5.75 Å². The van der Waals surface area contributed by atoms with Crippen LogP contribution in [0.2, 0.25) is 5.02 Å². The Bertz CT molecular complexity index is 1260. The second-order valence-electron chi connectivity index (χ2n) is 8.65. The number of ketones is 1. The van der Waals surface area contributed by atoms with Gasteiger partial charge < -0.3 is 19.7 Å². The molecule has 1 heterocycles. The van der Waals surface area contributed by atoms with Crippen LogP contribution in [0.1, 0.15) is 46.8 Å². The molecular weight excluding hydrogens is 511 g/mol. The first kappa shape index (κ1) is 28.2. The number of hydrogen-bond donors (Lipinski definition) is 2. The molecule has 1 amide bonds. The van der Waals surface area contributed by atoms with E-state index in [4.69, 9.17) is 16.3 Å². The summed E-state index contributed by atoms with van der Waals surface area (Å²) in [5.41, 5.74) is 2.53. The van der Waals surface area contributed by atoms with E-state index in [0.29, 0.717) is 17.9 Å². The number of alkyl halides is 3. The molecule has 0 aliphatic carbocycles. The number of carbonyl (C=O) groups excluding carboxylic acids is 2. The average molecular weight is 538 g/mol. The Morgan fingerprint density at radius 3 is 2.41 bits per heavy atom. The molecule has 198 valence electrons. The lowest BCUT2D eigenvalue weighted by Crippen LogP contribution is -2.37. The lowest BCUT2D eigenvalue weighted by Gasteiger charge is -2.20. The van der Waals surface area contributed by atoms with Crippen LogP contribution in [0.15, 0.2) is 48.7 Å². The van der Waals surface area contributed by atoms with Crippen molar-refractivity contribution in [3.63, 3.8) is 0 Å². The molecular formula is C26H27ClF3N3O4. The molecule has 2 N–H and O–H groups in total. The van der Waals surface area contributed by atoms with Crippen LogP contribution < -0.4 is 10.1 Å². The summed E-state index contributed by atoms with van der Waals surface area (Å²) >= 11 is 6.05. The molecule has 0 bridgehead atoms. The van der Waals surface area contributed by atoms with Gasteiger partial charge in [0.1, 0.15) is 5.75 Å². The van der Waals surface area contributed by atoms with Gasteiger partial charge in [0.2, 0.25) is 0 Å². The number of amides is 1. The minimum absolute atomic E-state index is 0.125. The predicted octanol–water partition coefficient (Wildman–Crippen LogP) is 5.00. The molecule has 0 fully saturated rings. The lowest BCUT2D eigenvalue weighted by atomic mass is 10.0. The van der Waals surface area contributed by atoms with Gasteiger partial charge in [0.25, 0.3) is 5.91 Å². The van der Waals surface area contributed by atoms with Crippen LogP contribution in [0, 0.1) is 0 Å². The van der Waals surface area contributed by atoms with Crippen molar-refractivity contribution < 1.29 is 32.6 Å². The highest BCUT2D eigenvalue weighted by molar-refractivity contribution is 6.32. The topological polar surface area (TPSA) is 93.4 Å². The molecule has 0 radical (unpaired) electrons. The summed E-state index contributed by atoms with van der Waals surface area (Å²) in [6.07, 6.45) is -4.13. The first-order valence-corrected chi connectivity index (χ1v) is 11.8. The molecule has 11 heteroatoms. The largest absolute Gasteiger partial charge is 0.480 e. The Morgan fingerprint density at radius 1 is 1.19 bits per heavy atom. The minimum Gasteiger partial charge on any atom is -0.480 e. The normalized spacial score (nSPS) is 13.2. The van der Waals surface area contributed by atoms with Crippen LogP contribution in [-0.4, -0.2) is 51.3 Å². The molecule has 2 atom stereocenters. The van der Waals surface area contributed by atoms with Crippen LogP contribution in [-0.2, 0) is 13.5 Å². The number of Topliss-reactive ketones (excluding diaryl/α,β-unsaturated/α-hetero) is 1. The molecule has 3 aromatic rings. The quantitative estimate of drug-likeness (QED) is 0.355. The van der Waals surface area contributed by atoms with Crippen molar-refractivity contribution in [3.8, 4) is 17.0 Å². The van der Waals surface area contributed by atoms with Crippen LogP contribution in [0.3, 0.4) is 0 Å². The van der Waals surface area contributed by atoms with Gasteiger partial charge in [0.15, 0.2) is 17.7 Å². The molecule has 2 unspecified atom stereocenters. The number of aryl methyl sites for hydroxylation is 1. The van der Waals surface area contributed by atoms with E-state index in [2.05, 4.69) is 10.3 Å². The van der Waals surface area contributed by atoms with Crippen LogP contribution in [0.4, 0.5) is 13.2 Å². The van der Waals surface area contributed by atoms with Gasteiger partial charge >= 0.3 is 6.18 Å². The fourth-order valence-corrected chi connectivity index (χ4v) is 3.90. The van der Waals surface area contributed by atoms with E-state index < -0.39 is 24.2 Å². The third-order valence-electron chi connectivity index (χ3n) is 5.69. The van der Waals surface area contributed by atoms with E-state index in [1.54, 1.807) is 17.8 Å². The Kier molecular flexibility index (Phi) is 8.98. The number of imidazole rings is 1. The number of carbonyl (C=O) groups is 2. The molecule has 0 saturated carbocycles. The maximum atomic E-state index is 12.8. The van der Waals surface area contributed by atoms with Crippen molar-refractivity contribution >= 4 is 23.3 Å². The molecule has 0 aliphatic rings. The molecule has 37 heavy (non-hydrogen) atoms. The fourth-order valence-electron chi connectivity index (χ4n) is 3.67. The summed E-state index contributed by atoms with van der Waals surface area (Å²) in [4.78, 5) is 28.8. The highest BCUT2D eigenvalue weighted by Gasteiger charge is 2.38. The smallest absolute Gasteiger partial charge is 0.425 e. The lowest BCUT2D eigenvalue weighted by molar-refractivity contribution is -0.189. The number of nitrogens with one attached hydrogen (secondary N) is 1. The number of nitrogens with zero attached hydrogens (tertiary/aromatic N) is 2. The van der Waals surface area contributed by atoms with Crippen molar-refractivity contribution in [1.82, 2.24) is 14.9 Å². The van der Waals surface area contributed by atoms with E-state index in [1.807, 2.05) is 24.3 Å². The highest BCUT2D eigenvalue weighted by atomic mass is 35.5. The van der Waals surface area contributed by atoms with Crippen molar-refractivity contribution in [2.75, 3.05) is 6.61 Å². The maximum Gasteiger partial charge on any atom is 0.425 e. The van der Waals surface area contributed by atoms with Gasteiger partial charge in [-0.1, -0.05) is 35.9 Å². The Morgan fingerprint density at radius 2 is 1.86 bits per heavy atom. The second-order valence-corrected chi connectivity index (χ2v) is 9.05. The standard InChI is InChI=1S/C26H27ClF3N3O4/c1-15(35)24-32-22(14-33(24)3)18-6-4-17(5-7-18)12-20(10-11-34)31-25(36)19-8-9-23(21(27)13-19)37-16(2)26(28,29)30/h4-9,13-14,16,20,34H,10-12H2,1-3H3,(H,31,36). The third kappa shape index (κ3) is 7.33. The fraction of sp³-hybridized carbons (Fsp3) is 0.346. The molecule has 7 nitrogen and oxygen atoms in total. The third-order valence-corrected chi connectivity index (χ3v) is 5.99. The Balaban J connectivity index is 1.68. The minimum atomic E-state index is -4.55. The van der Waals surface area contributed by atoms with Gasteiger partial charge in [-0.3, -0.25) is 9.59 Å². The maximum absolute atomic E-state index is 12.8. The summed E-state index contributed by atoms with van der Waals surface area (Å²) in [5.74, 6) is -0.442. The summed E-state index contributed by atoms with van der Waals surface area (Å²) in [6, 6.07) is 10.8. The second kappa shape index (κ2) is 11.8. The van der Waals surface area contributed by atoms with Crippen LogP contribution >= 0.6 is 11.6 Å². The summed E-state index contributed by atoms with van der Waals surface area (Å²) < 4.78 is 44.8. The first-order valence-electron chi connectivity index (χ1n) is 11.5. The van der Waals surface area contributed by atoms with Crippen LogP contribution in [0.25, 0.3) is 11.3 Å². The zero-order valence-electron chi connectivity index (χ0n) is 20.5. The average Bonchev–Trinajstić information content (AvgIpc) is 3.22. The number of benzene rings is 2. The van der Waals surface area contributed by atoms with Gasteiger partial charge in [-0.25, -0.2) is 4.98 Å². The number of hydrogen-bond acceptors (Lipinski definition) is 5.